The third kappa shape index (κ3) is 17.2. The third-order valence-corrected chi connectivity index (χ3v) is 8.83. The molecule has 0 fully saturated rings. The van der Waals surface area contributed by atoms with Crippen molar-refractivity contribution in [2.24, 2.45) is 0 Å². The monoisotopic (exact) mass is 621 g/mol. The Bertz CT molecular complexity index is 1080. The van der Waals surface area contributed by atoms with Gasteiger partial charge in [0.05, 0.1) is 25.4 Å². The molecule has 0 aliphatic carbocycles. The highest BCUT2D eigenvalue weighted by Gasteiger charge is 2.24. The molecular formula is C32H56N5O5P. The number of nitrogens with zero attached hydrogens (tertiary/aromatic N) is 4. The fourth-order valence-electron chi connectivity index (χ4n) is 5.27. The number of aryl methyl sites for hydroxylation is 1. The van der Waals surface area contributed by atoms with Crippen LogP contribution >= 0.6 is 7.82 Å². The number of hydrogen-bond donors (Lipinski definition) is 2. The second-order valence-corrected chi connectivity index (χ2v) is 13.0. The van der Waals surface area contributed by atoms with Gasteiger partial charge in [-0.3, -0.25) is 9.05 Å². The first kappa shape index (κ1) is 37.2. The van der Waals surface area contributed by atoms with Crippen molar-refractivity contribution >= 4 is 19.2 Å². The number of phosphoric acid groups is 1. The molecule has 2 heterocycles. The Balaban J connectivity index is 1.47. The first-order chi connectivity index (χ1) is 21.0. The molecule has 0 bridgehead atoms. The van der Waals surface area contributed by atoms with Crippen LogP contribution in [-0.4, -0.2) is 45.4 Å². The number of aromatic nitrogens is 3. The van der Waals surface area contributed by atoms with Crippen LogP contribution in [0.1, 0.15) is 135 Å². The number of rotatable bonds is 28. The van der Waals surface area contributed by atoms with Crippen molar-refractivity contribution in [1.29, 1.82) is 5.26 Å². The summed E-state index contributed by atoms with van der Waals surface area (Å²) in [6.07, 6.45) is 25.0. The molecular weight excluding hydrogens is 565 g/mol. The molecule has 0 saturated heterocycles. The van der Waals surface area contributed by atoms with Crippen molar-refractivity contribution in [2.75, 3.05) is 25.6 Å². The molecule has 2 rings (SSSR count). The number of nitrogen functional groups attached to an aromatic ring is 1. The van der Waals surface area contributed by atoms with Crippen LogP contribution in [0.15, 0.2) is 18.5 Å². The van der Waals surface area contributed by atoms with E-state index in [1.807, 2.05) is 18.2 Å². The lowest BCUT2D eigenvalue weighted by Crippen LogP contribution is -2.21. The third-order valence-electron chi connectivity index (χ3n) is 7.84. The van der Waals surface area contributed by atoms with Gasteiger partial charge in [0.25, 0.3) is 0 Å². The number of anilines is 1. The number of unbranched alkanes of at least 4 members (excludes halogenated alkanes) is 17. The van der Waals surface area contributed by atoms with Crippen LogP contribution in [0.4, 0.5) is 5.82 Å². The smallest absolute Gasteiger partial charge is 0.382 e. The Labute approximate surface area is 259 Å². The lowest BCUT2D eigenvalue weighted by Gasteiger charge is -2.18. The minimum atomic E-state index is -4.21. The van der Waals surface area contributed by atoms with Crippen LogP contribution in [0.25, 0.3) is 5.52 Å². The number of nitrogens with two attached hydrogens (primary N) is 1. The average Bonchev–Trinajstić information content (AvgIpc) is 3.42. The van der Waals surface area contributed by atoms with Crippen molar-refractivity contribution < 1.29 is 23.2 Å². The van der Waals surface area contributed by atoms with Gasteiger partial charge >= 0.3 is 7.82 Å². The number of fused-ring (bicyclic) bond motifs is 1. The first-order valence-electron chi connectivity index (χ1n) is 16.6. The van der Waals surface area contributed by atoms with Crippen LogP contribution in [0.5, 0.6) is 0 Å². The Morgan fingerprint density at radius 1 is 0.907 bits per heavy atom. The molecule has 0 radical (unpaired) electrons. The van der Waals surface area contributed by atoms with Crippen molar-refractivity contribution in [1.82, 2.24) is 14.6 Å². The zero-order valence-electron chi connectivity index (χ0n) is 26.5. The molecule has 2 atom stereocenters. The molecule has 0 spiro atoms. The quantitative estimate of drug-likeness (QED) is 0.0707. The largest absolute Gasteiger partial charge is 0.472 e. The second kappa shape index (κ2) is 23.4. The molecule has 2 aromatic rings. The normalized spacial score (nSPS) is 13.7. The van der Waals surface area contributed by atoms with Crippen LogP contribution in [0.3, 0.4) is 0 Å². The second-order valence-electron chi connectivity index (χ2n) is 11.5. The van der Waals surface area contributed by atoms with E-state index in [9.17, 15) is 9.46 Å². The molecule has 0 aliphatic heterocycles. The van der Waals surface area contributed by atoms with Gasteiger partial charge in [-0.15, -0.1) is 0 Å². The fourth-order valence-corrected chi connectivity index (χ4v) is 6.06. The van der Waals surface area contributed by atoms with Gasteiger partial charge in [0, 0.05) is 5.69 Å². The maximum absolute atomic E-state index is 12.4. The highest BCUT2D eigenvalue weighted by molar-refractivity contribution is 7.47. The predicted molar refractivity (Wildman–Crippen MR) is 172 cm³/mol. The molecule has 244 valence electrons. The number of hydrogen-bond acceptors (Lipinski definition) is 8. The molecule has 2 aromatic heterocycles. The zero-order valence-corrected chi connectivity index (χ0v) is 27.4. The maximum atomic E-state index is 12.4. The molecule has 11 heteroatoms. The summed E-state index contributed by atoms with van der Waals surface area (Å²) in [5.41, 5.74) is 7.47. The maximum Gasteiger partial charge on any atom is 0.472 e. The summed E-state index contributed by atoms with van der Waals surface area (Å²) in [5.74, 6) is 0.384. The molecule has 3 N–H and O–H groups in total. The highest BCUT2D eigenvalue weighted by atomic mass is 31.2. The summed E-state index contributed by atoms with van der Waals surface area (Å²) in [4.78, 5) is 14.1. The van der Waals surface area contributed by atoms with Crippen LogP contribution in [-0.2, 0) is 24.8 Å². The van der Waals surface area contributed by atoms with E-state index in [0.717, 1.165) is 18.5 Å². The van der Waals surface area contributed by atoms with E-state index in [4.69, 9.17) is 24.8 Å². The summed E-state index contributed by atoms with van der Waals surface area (Å²) in [6.45, 7) is 2.14. The van der Waals surface area contributed by atoms with Crippen LogP contribution in [0, 0.1) is 11.3 Å². The van der Waals surface area contributed by atoms with Gasteiger partial charge in [-0.1, -0.05) is 116 Å². The van der Waals surface area contributed by atoms with E-state index in [-0.39, 0.29) is 19.8 Å². The van der Waals surface area contributed by atoms with Gasteiger partial charge in [0.2, 0.25) is 0 Å². The Hall–Kier alpha value is -2.02. The van der Waals surface area contributed by atoms with Gasteiger partial charge in [-0.05, 0) is 31.4 Å². The van der Waals surface area contributed by atoms with Gasteiger partial charge in [-0.25, -0.2) is 14.1 Å². The number of nitriles is 1. The van der Waals surface area contributed by atoms with E-state index in [1.165, 1.54) is 103 Å². The van der Waals surface area contributed by atoms with Crippen molar-refractivity contribution in [3.8, 4) is 6.07 Å². The van der Waals surface area contributed by atoms with Crippen LogP contribution in [0.2, 0.25) is 0 Å². The molecule has 10 nitrogen and oxygen atoms in total. The summed E-state index contributed by atoms with van der Waals surface area (Å²) < 4.78 is 30.0. The van der Waals surface area contributed by atoms with Gasteiger partial charge in [0.1, 0.15) is 18.5 Å². The minimum Gasteiger partial charge on any atom is -0.382 e. The summed E-state index contributed by atoms with van der Waals surface area (Å²) in [7, 11) is -4.21. The van der Waals surface area contributed by atoms with E-state index in [0.29, 0.717) is 30.6 Å². The molecule has 0 amide bonds. The summed E-state index contributed by atoms with van der Waals surface area (Å²) in [6, 6.07) is 5.66. The van der Waals surface area contributed by atoms with Crippen molar-refractivity contribution in [3.05, 3.63) is 24.2 Å². The Kier molecular flexibility index (Phi) is 20.2. The molecule has 0 aromatic carbocycles. The van der Waals surface area contributed by atoms with Gasteiger partial charge < -0.3 is 15.4 Å². The fraction of sp³-hybridized carbons (Fsp3) is 0.781. The highest BCUT2D eigenvalue weighted by Crippen LogP contribution is 2.43. The molecule has 0 saturated carbocycles. The lowest BCUT2D eigenvalue weighted by molar-refractivity contribution is 0.0192. The van der Waals surface area contributed by atoms with Gasteiger partial charge in [0.15, 0.2) is 5.82 Å². The number of ether oxygens (including phenoxy) is 1. The lowest BCUT2D eigenvalue weighted by atomic mass is 10.0. The standard InChI is InChI=1S/C32H56N5O5P/c1-2-3-4-5-6-7-8-9-10-11-12-13-14-15-16-17-18-19-25-41-43(38,39)42-27-30(40-26-24-33)22-20-29-21-23-31-32(34)35-28-36-37(29)31/h21,23,28,30H,2-20,22,25-27H2,1H3,(H,38,39)(H2,34,35,36). The average molecular weight is 622 g/mol. The van der Waals surface area contributed by atoms with E-state index >= 15 is 0 Å². The molecule has 2 unspecified atom stereocenters. The van der Waals surface area contributed by atoms with Crippen molar-refractivity contribution in [2.45, 2.75) is 141 Å². The Morgan fingerprint density at radius 3 is 2.02 bits per heavy atom. The number of phosphoric ester groups is 1. The predicted octanol–water partition coefficient (Wildman–Crippen LogP) is 8.33. The zero-order chi connectivity index (χ0) is 31.0. The summed E-state index contributed by atoms with van der Waals surface area (Å²) >= 11 is 0. The van der Waals surface area contributed by atoms with E-state index in [1.54, 1.807) is 4.52 Å². The summed E-state index contributed by atoms with van der Waals surface area (Å²) in [5, 5.41) is 13.1. The SMILES string of the molecule is CCCCCCCCCCCCCCCCCCCCOP(=O)(O)OCC(CCc1ccc2c(N)ncnn12)OCC#N. The van der Waals surface area contributed by atoms with E-state index in [2.05, 4.69) is 17.0 Å². The topological polar surface area (TPSA) is 145 Å². The van der Waals surface area contributed by atoms with Gasteiger partial charge in [-0.2, -0.15) is 10.4 Å². The first-order valence-corrected chi connectivity index (χ1v) is 18.1. The molecule has 0 aliphatic rings. The van der Waals surface area contributed by atoms with Crippen molar-refractivity contribution in [3.63, 3.8) is 0 Å². The Morgan fingerprint density at radius 2 is 1.47 bits per heavy atom. The van der Waals surface area contributed by atoms with E-state index < -0.39 is 13.9 Å². The molecule has 43 heavy (non-hydrogen) atoms. The minimum absolute atomic E-state index is 0.145. The van der Waals surface area contributed by atoms with Crippen LogP contribution < -0.4 is 5.73 Å².